The van der Waals surface area contributed by atoms with Gasteiger partial charge in [0.25, 0.3) is 0 Å². The number of nitrogens with one attached hydrogen (secondary N) is 1. The number of hydrogen-bond donors (Lipinski definition) is 1. The molecule has 28 heavy (non-hydrogen) atoms. The third-order valence-electron chi connectivity index (χ3n) is 5.40. The van der Waals surface area contributed by atoms with E-state index in [-0.39, 0.29) is 5.91 Å². The summed E-state index contributed by atoms with van der Waals surface area (Å²) in [7, 11) is 0. The fraction of sp³-hybridized carbons (Fsp3) is 0.292. The van der Waals surface area contributed by atoms with E-state index in [1.54, 1.807) is 0 Å². The molecule has 3 aromatic rings. The van der Waals surface area contributed by atoms with Crippen molar-refractivity contribution >= 4 is 34.0 Å². The van der Waals surface area contributed by atoms with Gasteiger partial charge < -0.3 is 5.32 Å². The molecule has 0 bridgehead atoms. The van der Waals surface area contributed by atoms with Crippen molar-refractivity contribution in [2.45, 2.75) is 38.8 Å². The van der Waals surface area contributed by atoms with Crippen molar-refractivity contribution in [3.05, 3.63) is 76.8 Å². The summed E-state index contributed by atoms with van der Waals surface area (Å²) in [5.74, 6) is 0.0310. The molecule has 1 fully saturated rings. The van der Waals surface area contributed by atoms with Crippen LogP contribution in [0.25, 0.3) is 10.8 Å². The lowest BCUT2D eigenvalue weighted by atomic mass is 10.0. The topological polar surface area (TPSA) is 32.3 Å². The lowest BCUT2D eigenvalue weighted by molar-refractivity contribution is -0.116. The van der Waals surface area contributed by atoms with Gasteiger partial charge in [0.1, 0.15) is 0 Å². The molecule has 0 radical (unpaired) electrons. The van der Waals surface area contributed by atoms with Gasteiger partial charge in [-0.15, -0.1) is 0 Å². The Kier molecular flexibility index (Phi) is 5.65. The van der Waals surface area contributed by atoms with Crippen LogP contribution in [0.5, 0.6) is 0 Å². The predicted octanol–water partition coefficient (Wildman–Crippen LogP) is 5.79. The minimum absolute atomic E-state index is 0.0310. The molecule has 144 valence electrons. The molecule has 0 spiro atoms. The van der Waals surface area contributed by atoms with Gasteiger partial charge in [0.15, 0.2) is 0 Å². The summed E-state index contributed by atoms with van der Waals surface area (Å²) in [5.41, 5.74) is 3.10. The molecular formula is C24H25ClN2O. The smallest absolute Gasteiger partial charge is 0.225 e. The van der Waals surface area contributed by atoms with E-state index in [4.69, 9.17) is 11.6 Å². The van der Waals surface area contributed by atoms with Crippen LogP contribution in [0.4, 0.5) is 5.69 Å². The number of nitrogens with zero attached hydrogens (tertiary/aromatic N) is 1. The molecule has 1 amide bonds. The molecule has 0 atom stereocenters. The van der Waals surface area contributed by atoms with E-state index < -0.39 is 0 Å². The maximum absolute atomic E-state index is 12.4. The molecule has 4 heteroatoms. The van der Waals surface area contributed by atoms with Gasteiger partial charge in [-0.05, 0) is 53.8 Å². The summed E-state index contributed by atoms with van der Waals surface area (Å²) in [4.78, 5) is 14.9. The van der Waals surface area contributed by atoms with Gasteiger partial charge >= 0.3 is 0 Å². The fourth-order valence-electron chi connectivity index (χ4n) is 3.62. The van der Waals surface area contributed by atoms with E-state index in [9.17, 15) is 4.79 Å². The fourth-order valence-corrected chi connectivity index (χ4v) is 3.80. The quantitative estimate of drug-likeness (QED) is 0.551. The van der Waals surface area contributed by atoms with Crippen LogP contribution < -0.4 is 5.32 Å². The zero-order valence-electron chi connectivity index (χ0n) is 16.1. The maximum Gasteiger partial charge on any atom is 0.225 e. The summed E-state index contributed by atoms with van der Waals surface area (Å²) >= 11 is 6.15. The number of benzene rings is 3. The highest BCUT2D eigenvalue weighted by molar-refractivity contribution is 6.31. The molecular weight excluding hydrogens is 368 g/mol. The Morgan fingerprint density at radius 1 is 1.11 bits per heavy atom. The molecule has 1 aliphatic rings. The first-order valence-corrected chi connectivity index (χ1v) is 10.2. The standard InChI is InChI=1S/C24H25ClN2O/c1-17-9-10-20(15-23(17)25)26-24(28)13-14-27(21-11-12-21)16-19-7-4-6-18-5-2-3-8-22(18)19/h2-10,15,21H,11-14,16H2,1H3,(H,26,28). The summed E-state index contributed by atoms with van der Waals surface area (Å²) in [6.07, 6.45) is 2.92. The molecule has 1 saturated carbocycles. The number of hydrogen-bond acceptors (Lipinski definition) is 2. The van der Waals surface area contributed by atoms with Crippen LogP contribution in [0.15, 0.2) is 60.7 Å². The highest BCUT2D eigenvalue weighted by Crippen LogP contribution is 2.30. The van der Waals surface area contributed by atoms with Gasteiger partial charge in [-0.25, -0.2) is 0 Å². The third kappa shape index (κ3) is 4.54. The first kappa shape index (κ1) is 19.0. The molecule has 4 rings (SSSR count). The van der Waals surface area contributed by atoms with Gasteiger partial charge in [-0.1, -0.05) is 60.1 Å². The minimum Gasteiger partial charge on any atom is -0.326 e. The van der Waals surface area contributed by atoms with Crippen molar-refractivity contribution < 1.29 is 4.79 Å². The van der Waals surface area contributed by atoms with E-state index in [1.807, 2.05) is 25.1 Å². The monoisotopic (exact) mass is 392 g/mol. The molecule has 1 aliphatic carbocycles. The molecule has 0 unspecified atom stereocenters. The second-order valence-corrected chi connectivity index (χ2v) is 8.01. The minimum atomic E-state index is 0.0310. The molecule has 0 saturated heterocycles. The lowest BCUT2D eigenvalue weighted by Gasteiger charge is -2.22. The van der Waals surface area contributed by atoms with E-state index in [0.717, 1.165) is 24.3 Å². The molecule has 0 heterocycles. The van der Waals surface area contributed by atoms with Crippen molar-refractivity contribution in [1.82, 2.24) is 4.90 Å². The number of carbonyl (C=O) groups excluding carboxylic acids is 1. The molecule has 3 nitrogen and oxygen atoms in total. The van der Waals surface area contributed by atoms with E-state index in [1.165, 1.54) is 29.2 Å². The number of carbonyl (C=O) groups is 1. The second-order valence-electron chi connectivity index (χ2n) is 7.60. The van der Waals surface area contributed by atoms with E-state index in [2.05, 4.69) is 52.7 Å². The van der Waals surface area contributed by atoms with Crippen LogP contribution in [0.1, 0.15) is 30.4 Å². The van der Waals surface area contributed by atoms with Gasteiger partial charge in [-0.3, -0.25) is 9.69 Å². The van der Waals surface area contributed by atoms with Crippen LogP contribution >= 0.6 is 11.6 Å². The van der Waals surface area contributed by atoms with Crippen LogP contribution in [0, 0.1) is 6.92 Å². The molecule has 1 N–H and O–H groups in total. The highest BCUT2D eigenvalue weighted by Gasteiger charge is 2.29. The average Bonchev–Trinajstić information content (AvgIpc) is 3.53. The third-order valence-corrected chi connectivity index (χ3v) is 5.81. The number of amides is 1. The SMILES string of the molecule is Cc1ccc(NC(=O)CCN(Cc2cccc3ccccc23)C2CC2)cc1Cl. The number of halogens is 1. The summed E-state index contributed by atoms with van der Waals surface area (Å²) < 4.78 is 0. The average molecular weight is 393 g/mol. The zero-order valence-corrected chi connectivity index (χ0v) is 16.9. The first-order chi connectivity index (χ1) is 13.6. The molecule has 0 aromatic heterocycles. The van der Waals surface area contributed by atoms with Crippen molar-refractivity contribution in [1.29, 1.82) is 0 Å². The number of anilines is 1. The van der Waals surface area contributed by atoms with Crippen LogP contribution in [-0.4, -0.2) is 23.4 Å². The Hall–Kier alpha value is -2.36. The Balaban J connectivity index is 1.40. The van der Waals surface area contributed by atoms with Gasteiger partial charge in [0, 0.05) is 36.3 Å². The second kappa shape index (κ2) is 8.34. The van der Waals surface area contributed by atoms with Crippen molar-refractivity contribution in [3.63, 3.8) is 0 Å². The van der Waals surface area contributed by atoms with Gasteiger partial charge in [-0.2, -0.15) is 0 Å². The Morgan fingerprint density at radius 3 is 2.68 bits per heavy atom. The summed E-state index contributed by atoms with van der Waals surface area (Å²) in [5, 5.41) is 6.21. The van der Waals surface area contributed by atoms with Crippen LogP contribution in [0.3, 0.4) is 0 Å². The largest absolute Gasteiger partial charge is 0.326 e. The van der Waals surface area contributed by atoms with E-state index in [0.29, 0.717) is 17.5 Å². The van der Waals surface area contributed by atoms with Crippen molar-refractivity contribution in [3.8, 4) is 0 Å². The molecule has 0 aliphatic heterocycles. The number of aryl methyl sites for hydroxylation is 1. The van der Waals surface area contributed by atoms with Crippen LogP contribution in [0.2, 0.25) is 5.02 Å². The maximum atomic E-state index is 12.4. The zero-order chi connectivity index (χ0) is 19.5. The Morgan fingerprint density at radius 2 is 1.89 bits per heavy atom. The lowest BCUT2D eigenvalue weighted by Crippen LogP contribution is -2.29. The van der Waals surface area contributed by atoms with Crippen molar-refractivity contribution in [2.75, 3.05) is 11.9 Å². The first-order valence-electron chi connectivity index (χ1n) is 9.87. The number of fused-ring (bicyclic) bond motifs is 1. The predicted molar refractivity (Wildman–Crippen MR) is 117 cm³/mol. The van der Waals surface area contributed by atoms with Crippen molar-refractivity contribution in [2.24, 2.45) is 0 Å². The Labute approximate surface area is 171 Å². The van der Waals surface area contributed by atoms with Gasteiger partial charge in [0.05, 0.1) is 0 Å². The highest BCUT2D eigenvalue weighted by atomic mass is 35.5. The van der Waals surface area contributed by atoms with Crippen LogP contribution in [-0.2, 0) is 11.3 Å². The summed E-state index contributed by atoms with van der Waals surface area (Å²) in [6, 6.07) is 21.2. The van der Waals surface area contributed by atoms with E-state index >= 15 is 0 Å². The Bertz CT molecular complexity index is 992. The summed E-state index contributed by atoms with van der Waals surface area (Å²) in [6.45, 7) is 3.60. The normalized spacial score (nSPS) is 13.8. The van der Waals surface area contributed by atoms with Gasteiger partial charge in [0.2, 0.25) is 5.91 Å². The molecule has 3 aromatic carbocycles. The number of rotatable bonds is 7.